The molecule has 2 heterocycles. The van der Waals surface area contributed by atoms with Crippen LogP contribution in [0.5, 0.6) is 11.5 Å². The molecule has 0 saturated carbocycles. The number of hydrogen-bond donors (Lipinski definition) is 1. The highest BCUT2D eigenvalue weighted by atomic mass is 16.7. The van der Waals surface area contributed by atoms with Crippen LogP contribution < -0.4 is 15.2 Å². The van der Waals surface area contributed by atoms with E-state index in [1.807, 2.05) is 53.4 Å². The fourth-order valence-electron chi connectivity index (χ4n) is 3.66. The normalized spacial score (nSPS) is 19.9. The number of nitrogens with zero attached hydrogens (tertiary/aromatic N) is 1. The van der Waals surface area contributed by atoms with Gasteiger partial charge in [-0.1, -0.05) is 36.4 Å². The van der Waals surface area contributed by atoms with Crippen molar-refractivity contribution in [3.05, 3.63) is 59.7 Å². The topological polar surface area (TPSA) is 64.8 Å². The number of rotatable bonds is 4. The maximum absolute atomic E-state index is 12.8. The van der Waals surface area contributed by atoms with Gasteiger partial charge in [0.25, 0.3) is 0 Å². The third kappa shape index (κ3) is 3.20. The highest BCUT2D eigenvalue weighted by Crippen LogP contribution is 2.39. The second kappa shape index (κ2) is 6.76. The molecule has 2 atom stereocenters. The predicted molar refractivity (Wildman–Crippen MR) is 94.2 cm³/mol. The molecular weight excluding hydrogens is 316 g/mol. The lowest BCUT2D eigenvalue weighted by Crippen LogP contribution is -2.33. The first-order valence-corrected chi connectivity index (χ1v) is 8.72. The Kier molecular flexibility index (Phi) is 4.32. The summed E-state index contributed by atoms with van der Waals surface area (Å²) in [4.78, 5) is 14.8. The third-order valence-corrected chi connectivity index (χ3v) is 4.98. The lowest BCUT2D eigenvalue weighted by molar-refractivity contribution is -0.132. The average Bonchev–Trinajstić information content (AvgIpc) is 3.30. The molecule has 130 valence electrons. The first-order chi connectivity index (χ1) is 12.2. The van der Waals surface area contributed by atoms with Crippen molar-refractivity contribution in [2.24, 2.45) is 5.73 Å². The molecule has 2 N–H and O–H groups in total. The van der Waals surface area contributed by atoms with Crippen molar-refractivity contribution in [1.29, 1.82) is 0 Å². The van der Waals surface area contributed by atoms with Crippen molar-refractivity contribution in [2.75, 3.05) is 13.3 Å². The molecule has 0 aliphatic carbocycles. The van der Waals surface area contributed by atoms with E-state index in [0.717, 1.165) is 42.0 Å². The van der Waals surface area contributed by atoms with Gasteiger partial charge >= 0.3 is 0 Å². The highest BCUT2D eigenvalue weighted by Gasteiger charge is 2.31. The van der Waals surface area contributed by atoms with Gasteiger partial charge in [0.2, 0.25) is 12.7 Å². The summed E-state index contributed by atoms with van der Waals surface area (Å²) in [5.74, 6) is 1.64. The first-order valence-electron chi connectivity index (χ1n) is 8.72. The molecule has 2 aromatic carbocycles. The van der Waals surface area contributed by atoms with Gasteiger partial charge in [-0.3, -0.25) is 4.79 Å². The van der Waals surface area contributed by atoms with Gasteiger partial charge in [0.1, 0.15) is 0 Å². The predicted octanol–water partition coefficient (Wildman–Crippen LogP) is 3.17. The third-order valence-electron chi connectivity index (χ3n) is 4.98. The lowest BCUT2D eigenvalue weighted by atomic mass is 10.0. The van der Waals surface area contributed by atoms with Gasteiger partial charge in [-0.25, -0.2) is 0 Å². The van der Waals surface area contributed by atoms with Crippen LogP contribution in [0.4, 0.5) is 0 Å². The Bertz CT molecular complexity index is 763. The Morgan fingerprint density at radius 2 is 1.96 bits per heavy atom. The minimum absolute atomic E-state index is 0.0879. The minimum Gasteiger partial charge on any atom is -0.454 e. The SMILES string of the molecule is NC(CC(=O)N1CCCC1c1ccc2c(c1)OCO2)c1ccccc1. The van der Waals surface area contributed by atoms with Crippen LogP contribution in [0.25, 0.3) is 0 Å². The van der Waals surface area contributed by atoms with Gasteiger partial charge in [0, 0.05) is 19.0 Å². The number of hydrogen-bond acceptors (Lipinski definition) is 4. The molecule has 5 heteroatoms. The van der Waals surface area contributed by atoms with Crippen LogP contribution in [-0.2, 0) is 4.79 Å². The lowest BCUT2D eigenvalue weighted by Gasteiger charge is -2.26. The number of benzene rings is 2. The van der Waals surface area contributed by atoms with Crippen LogP contribution in [0, 0.1) is 0 Å². The zero-order valence-electron chi connectivity index (χ0n) is 14.1. The number of nitrogens with two attached hydrogens (primary N) is 1. The van der Waals surface area contributed by atoms with Gasteiger partial charge in [-0.2, -0.15) is 0 Å². The largest absolute Gasteiger partial charge is 0.454 e. The number of amides is 1. The summed E-state index contributed by atoms with van der Waals surface area (Å²) < 4.78 is 10.8. The molecule has 1 fully saturated rings. The van der Waals surface area contributed by atoms with E-state index >= 15 is 0 Å². The van der Waals surface area contributed by atoms with Crippen LogP contribution >= 0.6 is 0 Å². The van der Waals surface area contributed by atoms with Crippen molar-refractivity contribution in [3.8, 4) is 11.5 Å². The fraction of sp³-hybridized carbons (Fsp3) is 0.350. The minimum atomic E-state index is -0.272. The van der Waals surface area contributed by atoms with Crippen molar-refractivity contribution < 1.29 is 14.3 Å². The Labute approximate surface area is 147 Å². The second-order valence-electron chi connectivity index (χ2n) is 6.58. The van der Waals surface area contributed by atoms with Crippen molar-refractivity contribution in [1.82, 2.24) is 4.90 Å². The van der Waals surface area contributed by atoms with E-state index < -0.39 is 0 Å². The molecular formula is C20H22N2O3. The molecule has 2 aliphatic heterocycles. The molecule has 5 nitrogen and oxygen atoms in total. The standard InChI is InChI=1S/C20H22N2O3/c21-16(14-5-2-1-3-6-14)12-20(23)22-10-4-7-17(22)15-8-9-18-19(11-15)25-13-24-18/h1-3,5-6,8-9,11,16-17H,4,7,10,12-13,21H2. The highest BCUT2D eigenvalue weighted by molar-refractivity contribution is 5.78. The zero-order valence-corrected chi connectivity index (χ0v) is 14.1. The van der Waals surface area contributed by atoms with E-state index in [9.17, 15) is 4.79 Å². The van der Waals surface area contributed by atoms with Gasteiger partial charge in [-0.15, -0.1) is 0 Å². The molecule has 0 aromatic heterocycles. The van der Waals surface area contributed by atoms with Crippen LogP contribution in [0.3, 0.4) is 0 Å². The fourth-order valence-corrected chi connectivity index (χ4v) is 3.66. The van der Waals surface area contributed by atoms with Gasteiger partial charge in [-0.05, 0) is 36.1 Å². The molecule has 0 spiro atoms. The van der Waals surface area contributed by atoms with Crippen LogP contribution in [0.2, 0.25) is 0 Å². The molecule has 1 amide bonds. The van der Waals surface area contributed by atoms with Crippen molar-refractivity contribution >= 4 is 5.91 Å². The molecule has 0 bridgehead atoms. The van der Waals surface area contributed by atoms with Crippen LogP contribution in [-0.4, -0.2) is 24.1 Å². The second-order valence-corrected chi connectivity index (χ2v) is 6.58. The van der Waals surface area contributed by atoms with Gasteiger partial charge in [0.15, 0.2) is 11.5 Å². The van der Waals surface area contributed by atoms with E-state index in [0.29, 0.717) is 6.42 Å². The Morgan fingerprint density at radius 1 is 1.16 bits per heavy atom. The number of carbonyl (C=O) groups excluding carboxylic acids is 1. The quantitative estimate of drug-likeness (QED) is 0.930. The molecule has 1 saturated heterocycles. The van der Waals surface area contributed by atoms with E-state index in [-0.39, 0.29) is 24.8 Å². The van der Waals surface area contributed by atoms with Gasteiger partial charge < -0.3 is 20.1 Å². The van der Waals surface area contributed by atoms with E-state index in [1.165, 1.54) is 0 Å². The number of fused-ring (bicyclic) bond motifs is 1. The summed E-state index contributed by atoms with van der Waals surface area (Å²) in [7, 11) is 0. The zero-order chi connectivity index (χ0) is 17.2. The van der Waals surface area contributed by atoms with Gasteiger partial charge in [0.05, 0.1) is 6.04 Å². The summed E-state index contributed by atoms with van der Waals surface area (Å²) in [5.41, 5.74) is 8.33. The first kappa shape index (κ1) is 16.0. The maximum atomic E-state index is 12.8. The van der Waals surface area contributed by atoms with E-state index in [2.05, 4.69) is 0 Å². The average molecular weight is 338 g/mol. The molecule has 0 radical (unpaired) electrons. The number of likely N-dealkylation sites (tertiary alicyclic amines) is 1. The molecule has 2 aliphatic rings. The van der Waals surface area contributed by atoms with Crippen LogP contribution in [0.1, 0.15) is 42.5 Å². The monoisotopic (exact) mass is 338 g/mol. The Balaban J connectivity index is 1.48. The summed E-state index contributed by atoms with van der Waals surface area (Å²) >= 11 is 0. The van der Waals surface area contributed by atoms with E-state index in [4.69, 9.17) is 15.2 Å². The Morgan fingerprint density at radius 3 is 2.80 bits per heavy atom. The molecule has 25 heavy (non-hydrogen) atoms. The smallest absolute Gasteiger partial charge is 0.231 e. The summed E-state index contributed by atoms with van der Waals surface area (Å²) in [5, 5.41) is 0. The summed E-state index contributed by atoms with van der Waals surface area (Å²) in [6.45, 7) is 1.04. The number of ether oxygens (including phenoxy) is 2. The molecule has 2 aromatic rings. The van der Waals surface area contributed by atoms with Crippen LogP contribution in [0.15, 0.2) is 48.5 Å². The van der Waals surface area contributed by atoms with Crippen molar-refractivity contribution in [3.63, 3.8) is 0 Å². The summed E-state index contributed by atoms with van der Waals surface area (Å²) in [6.07, 6.45) is 2.29. The van der Waals surface area contributed by atoms with E-state index in [1.54, 1.807) is 0 Å². The molecule has 2 unspecified atom stereocenters. The summed E-state index contributed by atoms with van der Waals surface area (Å²) in [6, 6.07) is 15.6. The maximum Gasteiger partial charge on any atom is 0.231 e. The number of carbonyl (C=O) groups is 1. The molecule has 4 rings (SSSR count). The Hall–Kier alpha value is -2.53. The van der Waals surface area contributed by atoms with Crippen molar-refractivity contribution in [2.45, 2.75) is 31.3 Å².